The van der Waals surface area contributed by atoms with E-state index < -0.39 is 6.16 Å². The molecule has 0 aliphatic heterocycles. The Morgan fingerprint density at radius 1 is 0.846 bits per heavy atom. The van der Waals surface area contributed by atoms with Gasteiger partial charge in [-0.2, -0.15) is 26.2 Å². The van der Waals surface area contributed by atoms with Gasteiger partial charge in [0, 0.05) is 0 Å². The summed E-state index contributed by atoms with van der Waals surface area (Å²) in [4.78, 5) is 8.78. The van der Waals surface area contributed by atoms with Gasteiger partial charge in [0.05, 0.1) is 0 Å². The van der Waals surface area contributed by atoms with Crippen LogP contribution in [0, 0.1) is 0 Å². The standard InChI is InChI=1S/2C2H6N2.CH2O3.Co/c2*3-1-2-4;2-1(3)4;/h2*3-4H,1-2H2;(H2,2,3,4);/q2*-2;;+3/p+2. The Kier molecular flexibility index (Phi) is 52.8. The zero-order chi connectivity index (χ0) is 10.4. The van der Waals surface area contributed by atoms with Crippen molar-refractivity contribution < 1.29 is 31.8 Å². The van der Waals surface area contributed by atoms with Gasteiger partial charge in [-0.1, -0.05) is 0 Å². The van der Waals surface area contributed by atoms with Crippen molar-refractivity contribution in [2.24, 2.45) is 0 Å². The van der Waals surface area contributed by atoms with Crippen LogP contribution in [0.3, 0.4) is 0 Å². The number of rotatable bonds is 2. The van der Waals surface area contributed by atoms with Crippen molar-refractivity contribution in [1.82, 2.24) is 0 Å². The largest absolute Gasteiger partial charge is 3.00 e. The molecule has 0 aromatic carbocycles. The van der Waals surface area contributed by atoms with Gasteiger partial charge in [0.15, 0.2) is 0 Å². The first-order valence-corrected chi connectivity index (χ1v) is 3.12. The zero-order valence-corrected chi connectivity index (χ0v) is 8.11. The van der Waals surface area contributed by atoms with E-state index in [4.69, 9.17) is 37.9 Å². The molecule has 82 valence electrons. The Morgan fingerprint density at radius 3 is 0.923 bits per heavy atom. The van der Waals surface area contributed by atoms with Crippen LogP contribution < -0.4 is 0 Å². The van der Waals surface area contributed by atoms with Crippen LogP contribution in [0.15, 0.2) is 0 Å². The molecule has 8 N–H and O–H groups in total. The van der Waals surface area contributed by atoms with Gasteiger partial charge >= 0.3 is 22.9 Å². The van der Waals surface area contributed by atoms with Crippen LogP contribution in [0.2, 0.25) is 0 Å². The molecule has 0 radical (unpaired) electrons. The van der Waals surface area contributed by atoms with E-state index in [0.717, 1.165) is 0 Å². The molecule has 0 unspecified atom stereocenters. The van der Waals surface area contributed by atoms with Crippen molar-refractivity contribution in [3.05, 3.63) is 22.9 Å². The normalized spacial score (nSPS) is 6.46. The maximum atomic E-state index is 8.78. The fourth-order valence-electron chi connectivity index (χ4n) is 0. The SMILES string of the molecule is O=C([OH2+])[OH2+].[Co+3].[NH-]CC[NH-].[NH-]CC[NH-]. The Hall–Kier alpha value is -0.384. The minimum atomic E-state index is -1.33. The van der Waals surface area contributed by atoms with Crippen LogP contribution in [0.25, 0.3) is 22.9 Å². The average Bonchev–Trinajstić information content (AvgIpc) is 2.03. The molecule has 0 aromatic heterocycles. The summed E-state index contributed by atoms with van der Waals surface area (Å²) in [5.74, 6) is 0. The van der Waals surface area contributed by atoms with E-state index in [-0.39, 0.29) is 43.0 Å². The molecule has 0 fully saturated rings. The molecule has 0 amide bonds. The maximum Gasteiger partial charge on any atom is 3.00 e. The van der Waals surface area contributed by atoms with E-state index in [0.29, 0.717) is 0 Å². The van der Waals surface area contributed by atoms with Gasteiger partial charge in [-0.3, -0.25) is 0 Å². The second-order valence-corrected chi connectivity index (χ2v) is 1.33. The second-order valence-electron chi connectivity index (χ2n) is 1.33. The van der Waals surface area contributed by atoms with Gasteiger partial charge in [-0.25, -0.2) is 0 Å². The monoisotopic (exact) mass is 239 g/mol. The topological polar surface area (TPSA) is 158 Å². The molecule has 0 aliphatic rings. The number of hydrogen-bond acceptors (Lipinski definition) is 1. The van der Waals surface area contributed by atoms with Crippen molar-refractivity contribution in [1.29, 1.82) is 0 Å². The first-order valence-electron chi connectivity index (χ1n) is 3.12. The molecule has 0 rings (SSSR count). The Morgan fingerprint density at radius 2 is 0.923 bits per heavy atom. The smallest absolute Gasteiger partial charge is 0.679 e. The molecule has 0 heterocycles. The molecule has 0 aromatic rings. The van der Waals surface area contributed by atoms with Crippen LogP contribution >= 0.6 is 0 Å². The first-order chi connectivity index (χ1) is 5.56. The maximum absolute atomic E-state index is 8.78. The minimum absolute atomic E-state index is 0. The first kappa shape index (κ1) is 22.9. The third-order valence-electron chi connectivity index (χ3n) is 0.250. The van der Waals surface area contributed by atoms with Crippen molar-refractivity contribution >= 4 is 6.16 Å². The molecule has 0 atom stereocenters. The fraction of sp³-hybridized carbons (Fsp3) is 0.800. The molecule has 0 saturated carbocycles. The van der Waals surface area contributed by atoms with E-state index in [1.165, 1.54) is 0 Å². The summed E-state index contributed by atoms with van der Waals surface area (Å²) in [5.41, 5.74) is 25.1. The molecule has 13 heavy (non-hydrogen) atoms. The van der Waals surface area contributed by atoms with Crippen LogP contribution in [-0.2, 0) is 16.8 Å². The molecule has 8 heteroatoms. The van der Waals surface area contributed by atoms with Crippen LogP contribution in [0.1, 0.15) is 0 Å². The van der Waals surface area contributed by atoms with Crippen molar-refractivity contribution in [3.63, 3.8) is 0 Å². The molecule has 0 bridgehead atoms. The van der Waals surface area contributed by atoms with Gasteiger partial charge in [0.1, 0.15) is 0 Å². The average molecular weight is 239 g/mol. The number of carbonyl (C=O) groups excluding carboxylic acids is 1. The summed E-state index contributed by atoms with van der Waals surface area (Å²) in [6, 6.07) is 0. The second kappa shape index (κ2) is 29.9. The van der Waals surface area contributed by atoms with Crippen molar-refractivity contribution in [2.45, 2.75) is 0 Å². The Bertz CT molecular complexity index is 74.2. The summed E-state index contributed by atoms with van der Waals surface area (Å²) < 4.78 is 0. The van der Waals surface area contributed by atoms with Crippen molar-refractivity contribution in [2.75, 3.05) is 26.2 Å². The summed E-state index contributed by atoms with van der Waals surface area (Å²) in [7, 11) is 0. The van der Waals surface area contributed by atoms with Crippen LogP contribution in [-0.4, -0.2) is 42.5 Å². The molecule has 0 aliphatic carbocycles. The molecule has 7 nitrogen and oxygen atoms in total. The Balaban J connectivity index is -0.0000000450. The van der Waals surface area contributed by atoms with Crippen molar-refractivity contribution in [3.8, 4) is 0 Å². The zero-order valence-electron chi connectivity index (χ0n) is 7.07. The Labute approximate surface area is 87.6 Å². The summed E-state index contributed by atoms with van der Waals surface area (Å²) in [6.07, 6.45) is -1.33. The summed E-state index contributed by atoms with van der Waals surface area (Å²) in [5, 5.41) is 11.2. The molecule has 0 saturated heterocycles. The quantitative estimate of drug-likeness (QED) is 0.639. The van der Waals surface area contributed by atoms with Crippen LogP contribution in [0.4, 0.5) is 4.79 Å². The van der Waals surface area contributed by atoms with Crippen LogP contribution in [0.5, 0.6) is 0 Å². The van der Waals surface area contributed by atoms with Gasteiger partial charge < -0.3 is 33.1 Å². The van der Waals surface area contributed by atoms with E-state index >= 15 is 0 Å². The van der Waals surface area contributed by atoms with E-state index in [1.807, 2.05) is 0 Å². The molecular formula is C5H16CoN4O3+. The predicted octanol–water partition coefficient (Wildman–Crippen LogP) is 0.735. The minimum Gasteiger partial charge on any atom is -0.679 e. The molecule has 0 spiro atoms. The molecular weight excluding hydrogens is 223 g/mol. The summed E-state index contributed by atoms with van der Waals surface area (Å²) in [6.45, 7) is 0.944. The number of hydrogen-bond donors (Lipinski definition) is 0. The van der Waals surface area contributed by atoms with E-state index in [9.17, 15) is 0 Å². The third-order valence-corrected chi connectivity index (χ3v) is 0.250. The van der Waals surface area contributed by atoms with Gasteiger partial charge in [0.2, 0.25) is 4.79 Å². The van der Waals surface area contributed by atoms with E-state index in [2.05, 4.69) is 0 Å². The third kappa shape index (κ3) is 411. The van der Waals surface area contributed by atoms with E-state index in [1.54, 1.807) is 0 Å². The van der Waals surface area contributed by atoms with Gasteiger partial charge in [-0.05, 0) is 0 Å². The summed E-state index contributed by atoms with van der Waals surface area (Å²) >= 11 is 0. The van der Waals surface area contributed by atoms with Gasteiger partial charge in [0.25, 0.3) is 0 Å². The predicted molar refractivity (Wildman–Crippen MR) is 49.4 cm³/mol. The number of carbonyl (C=O) groups is 1. The number of nitrogens with one attached hydrogen (secondary N) is 4. The fourth-order valence-corrected chi connectivity index (χ4v) is 0. The van der Waals surface area contributed by atoms with Gasteiger partial charge in [-0.15, -0.1) is 0 Å².